The number of benzene rings is 2. The van der Waals surface area contributed by atoms with Crippen LogP contribution in [0.3, 0.4) is 0 Å². The third kappa shape index (κ3) is 4.46. The minimum Gasteiger partial charge on any atom is -0.452 e. The van der Waals surface area contributed by atoms with Crippen LogP contribution in [0.25, 0.3) is 11.4 Å². The van der Waals surface area contributed by atoms with Crippen molar-refractivity contribution in [2.45, 2.75) is 27.7 Å². The first-order valence-corrected chi connectivity index (χ1v) is 9.01. The van der Waals surface area contributed by atoms with Crippen molar-refractivity contribution in [3.63, 3.8) is 0 Å². The zero-order valence-electron chi connectivity index (χ0n) is 16.4. The number of anilines is 1. The number of H-pyrrole nitrogens is 1. The van der Waals surface area contributed by atoms with Crippen molar-refractivity contribution in [1.29, 1.82) is 0 Å². The van der Waals surface area contributed by atoms with Crippen LogP contribution in [-0.2, 0) is 9.53 Å². The Morgan fingerprint density at radius 3 is 2.36 bits per heavy atom. The highest BCUT2D eigenvalue weighted by Crippen LogP contribution is 2.19. The van der Waals surface area contributed by atoms with Gasteiger partial charge in [-0.2, -0.15) is 0 Å². The summed E-state index contributed by atoms with van der Waals surface area (Å²) in [6.07, 6.45) is 0. The molecule has 1 aromatic heterocycles. The molecule has 0 radical (unpaired) electrons. The number of amides is 1. The van der Waals surface area contributed by atoms with Gasteiger partial charge in [0.15, 0.2) is 6.61 Å². The van der Waals surface area contributed by atoms with Crippen molar-refractivity contribution in [3.05, 3.63) is 70.5 Å². The maximum Gasteiger partial charge on any atom is 0.338 e. The second-order valence-electron chi connectivity index (χ2n) is 6.82. The lowest BCUT2D eigenvalue weighted by molar-refractivity contribution is -0.119. The fourth-order valence-corrected chi connectivity index (χ4v) is 2.80. The summed E-state index contributed by atoms with van der Waals surface area (Å²) in [5, 5.41) is 2.75. The zero-order chi connectivity index (χ0) is 20.3. The van der Waals surface area contributed by atoms with Gasteiger partial charge in [-0.3, -0.25) is 4.79 Å². The Morgan fingerprint density at radius 2 is 1.75 bits per heavy atom. The molecule has 1 heterocycles. The lowest BCUT2D eigenvalue weighted by Gasteiger charge is -2.10. The summed E-state index contributed by atoms with van der Waals surface area (Å²) in [5.41, 5.74) is 5.98. The molecule has 2 aromatic carbocycles. The second-order valence-corrected chi connectivity index (χ2v) is 6.82. The Labute approximate surface area is 164 Å². The molecular weight excluding hydrogens is 354 g/mol. The van der Waals surface area contributed by atoms with E-state index >= 15 is 0 Å². The standard InChI is InChI=1S/C22H23N3O3/c1-13-5-10-19(14(2)11-13)25-20(26)12-28-22(27)18-8-6-17(7-9-18)21-23-15(3)16(4)24-21/h5-11H,12H2,1-4H3,(H,23,24)(H,25,26). The number of esters is 1. The molecule has 3 rings (SSSR count). The molecule has 6 nitrogen and oxygen atoms in total. The van der Waals surface area contributed by atoms with Crippen molar-refractivity contribution in [2.24, 2.45) is 0 Å². The number of carbonyl (C=O) groups excluding carboxylic acids is 2. The molecule has 0 fully saturated rings. The van der Waals surface area contributed by atoms with E-state index in [-0.39, 0.29) is 12.5 Å². The van der Waals surface area contributed by atoms with E-state index in [1.807, 2.05) is 45.9 Å². The summed E-state index contributed by atoms with van der Waals surface area (Å²) in [6.45, 7) is 7.45. The molecule has 2 N–H and O–H groups in total. The van der Waals surface area contributed by atoms with Crippen molar-refractivity contribution < 1.29 is 14.3 Å². The SMILES string of the molecule is Cc1ccc(NC(=O)COC(=O)c2ccc(-c3nc(C)c(C)[nH]3)cc2)c(C)c1. The Bertz CT molecular complexity index is 1000. The van der Waals surface area contributed by atoms with Crippen molar-refractivity contribution >= 4 is 17.6 Å². The molecule has 6 heteroatoms. The van der Waals surface area contributed by atoms with Crippen LogP contribution < -0.4 is 5.32 Å². The number of hydrogen-bond acceptors (Lipinski definition) is 4. The van der Waals surface area contributed by atoms with Crippen LogP contribution >= 0.6 is 0 Å². The van der Waals surface area contributed by atoms with Crippen LogP contribution in [0.1, 0.15) is 32.9 Å². The smallest absolute Gasteiger partial charge is 0.338 e. The minimum atomic E-state index is -0.547. The normalized spacial score (nSPS) is 10.6. The van der Waals surface area contributed by atoms with Gasteiger partial charge in [-0.1, -0.05) is 29.8 Å². The van der Waals surface area contributed by atoms with E-state index in [1.54, 1.807) is 24.3 Å². The first kappa shape index (κ1) is 19.4. The topological polar surface area (TPSA) is 84.1 Å². The van der Waals surface area contributed by atoms with E-state index in [9.17, 15) is 9.59 Å². The predicted molar refractivity (Wildman–Crippen MR) is 108 cm³/mol. The van der Waals surface area contributed by atoms with Crippen molar-refractivity contribution in [3.8, 4) is 11.4 Å². The molecule has 0 aliphatic rings. The number of aromatic amines is 1. The largest absolute Gasteiger partial charge is 0.452 e. The third-order valence-electron chi connectivity index (χ3n) is 4.51. The maximum atomic E-state index is 12.2. The van der Waals surface area contributed by atoms with Crippen LogP contribution in [0.15, 0.2) is 42.5 Å². The Hall–Kier alpha value is -3.41. The van der Waals surface area contributed by atoms with E-state index in [0.717, 1.165) is 33.9 Å². The zero-order valence-corrected chi connectivity index (χ0v) is 16.4. The number of nitrogens with zero attached hydrogens (tertiary/aromatic N) is 1. The van der Waals surface area contributed by atoms with Crippen LogP contribution in [0.2, 0.25) is 0 Å². The van der Waals surface area contributed by atoms with Gasteiger partial charge in [0, 0.05) is 16.9 Å². The van der Waals surface area contributed by atoms with Gasteiger partial charge in [0.1, 0.15) is 5.82 Å². The molecule has 0 atom stereocenters. The van der Waals surface area contributed by atoms with E-state index in [0.29, 0.717) is 11.3 Å². The van der Waals surface area contributed by atoms with E-state index < -0.39 is 5.97 Å². The quantitative estimate of drug-likeness (QED) is 0.656. The molecule has 1 amide bonds. The molecule has 28 heavy (non-hydrogen) atoms. The summed E-state index contributed by atoms with van der Waals surface area (Å²) >= 11 is 0. The Morgan fingerprint density at radius 1 is 1.04 bits per heavy atom. The van der Waals surface area contributed by atoms with Crippen molar-refractivity contribution in [2.75, 3.05) is 11.9 Å². The molecular formula is C22H23N3O3. The molecule has 0 aliphatic carbocycles. The monoisotopic (exact) mass is 377 g/mol. The molecule has 0 unspecified atom stereocenters. The first-order valence-electron chi connectivity index (χ1n) is 9.01. The van der Waals surface area contributed by atoms with E-state index in [1.165, 1.54) is 0 Å². The highest BCUT2D eigenvalue weighted by atomic mass is 16.5. The van der Waals surface area contributed by atoms with Crippen LogP contribution in [0.4, 0.5) is 5.69 Å². The number of rotatable bonds is 5. The highest BCUT2D eigenvalue weighted by Gasteiger charge is 2.12. The third-order valence-corrected chi connectivity index (χ3v) is 4.51. The number of imidazole rings is 1. The summed E-state index contributed by atoms with van der Waals surface area (Å²) < 4.78 is 5.12. The van der Waals surface area contributed by atoms with E-state index in [2.05, 4.69) is 15.3 Å². The number of ether oxygens (including phenoxy) is 1. The lowest BCUT2D eigenvalue weighted by Crippen LogP contribution is -2.21. The Kier molecular flexibility index (Phi) is 5.59. The van der Waals surface area contributed by atoms with Gasteiger partial charge in [0.25, 0.3) is 5.91 Å². The van der Waals surface area contributed by atoms with Gasteiger partial charge in [-0.05, 0) is 51.5 Å². The van der Waals surface area contributed by atoms with E-state index in [4.69, 9.17) is 4.74 Å². The Balaban J connectivity index is 1.57. The molecule has 0 spiro atoms. The number of aromatic nitrogens is 2. The summed E-state index contributed by atoms with van der Waals surface area (Å²) in [5.74, 6) is -0.171. The van der Waals surface area contributed by atoms with Crippen LogP contribution in [-0.4, -0.2) is 28.5 Å². The minimum absolute atomic E-state index is 0.343. The lowest BCUT2D eigenvalue weighted by atomic mass is 10.1. The fraction of sp³-hybridized carbons (Fsp3) is 0.227. The predicted octanol–water partition coefficient (Wildman–Crippen LogP) is 4.11. The van der Waals surface area contributed by atoms with Gasteiger partial charge >= 0.3 is 5.97 Å². The summed E-state index contributed by atoms with van der Waals surface area (Å²) in [6, 6.07) is 12.6. The average molecular weight is 377 g/mol. The molecule has 3 aromatic rings. The fourth-order valence-electron chi connectivity index (χ4n) is 2.80. The molecule has 144 valence electrons. The van der Waals surface area contributed by atoms with Gasteiger partial charge in [-0.25, -0.2) is 9.78 Å². The number of nitrogens with one attached hydrogen (secondary N) is 2. The molecule has 0 bridgehead atoms. The van der Waals surface area contributed by atoms with Gasteiger partial charge in [0.2, 0.25) is 0 Å². The van der Waals surface area contributed by atoms with Crippen molar-refractivity contribution in [1.82, 2.24) is 9.97 Å². The molecule has 0 aliphatic heterocycles. The highest BCUT2D eigenvalue weighted by molar-refractivity contribution is 5.96. The number of aryl methyl sites for hydroxylation is 4. The average Bonchev–Trinajstić information content (AvgIpc) is 3.01. The van der Waals surface area contributed by atoms with Gasteiger partial charge < -0.3 is 15.0 Å². The number of hydrogen-bond donors (Lipinski definition) is 2. The van der Waals surface area contributed by atoms with Gasteiger partial charge in [-0.15, -0.1) is 0 Å². The summed E-state index contributed by atoms with van der Waals surface area (Å²) in [7, 11) is 0. The van der Waals surface area contributed by atoms with Crippen LogP contribution in [0, 0.1) is 27.7 Å². The summed E-state index contributed by atoms with van der Waals surface area (Å²) in [4.78, 5) is 31.9. The van der Waals surface area contributed by atoms with Crippen LogP contribution in [0.5, 0.6) is 0 Å². The number of carbonyl (C=O) groups is 2. The van der Waals surface area contributed by atoms with Gasteiger partial charge in [0.05, 0.1) is 11.3 Å². The maximum absolute atomic E-state index is 12.2. The molecule has 0 saturated carbocycles. The first-order chi connectivity index (χ1) is 13.3. The molecule has 0 saturated heterocycles. The second kappa shape index (κ2) is 8.08.